The number of hydrogen-bond donors (Lipinski definition) is 2. The van der Waals surface area contributed by atoms with Gasteiger partial charge in [-0.05, 0) is 66.3 Å². The summed E-state index contributed by atoms with van der Waals surface area (Å²) in [5.74, 6) is -0.464. The Morgan fingerprint density at radius 3 is 2.44 bits per heavy atom. The van der Waals surface area contributed by atoms with E-state index < -0.39 is 5.97 Å². The van der Waals surface area contributed by atoms with Crippen molar-refractivity contribution < 1.29 is 14.7 Å². The van der Waals surface area contributed by atoms with Gasteiger partial charge in [-0.3, -0.25) is 9.59 Å². The largest absolute Gasteiger partial charge is 0.481 e. The molecule has 5 heteroatoms. The van der Waals surface area contributed by atoms with Gasteiger partial charge in [0.2, 0.25) is 5.91 Å². The minimum absolute atomic E-state index is 0.150. The number of piperidine rings is 1. The molecule has 3 aromatic carbocycles. The number of nitrogens with one attached hydrogen (secondary N) is 1. The van der Waals surface area contributed by atoms with Crippen LogP contribution in [0.2, 0.25) is 0 Å². The summed E-state index contributed by atoms with van der Waals surface area (Å²) in [6.07, 6.45) is 2.71. The van der Waals surface area contributed by atoms with Crippen LogP contribution in [0.5, 0.6) is 0 Å². The van der Waals surface area contributed by atoms with E-state index in [-0.39, 0.29) is 23.8 Å². The summed E-state index contributed by atoms with van der Waals surface area (Å²) < 4.78 is 0. The van der Waals surface area contributed by atoms with E-state index in [0.717, 1.165) is 19.5 Å². The van der Waals surface area contributed by atoms with Crippen LogP contribution in [-0.4, -0.2) is 41.5 Å². The number of carboxylic acids is 1. The van der Waals surface area contributed by atoms with Gasteiger partial charge in [0.15, 0.2) is 0 Å². The molecule has 0 bridgehead atoms. The number of fused-ring (bicyclic) bond motifs is 1. The van der Waals surface area contributed by atoms with Gasteiger partial charge >= 0.3 is 5.97 Å². The molecule has 188 valence electrons. The minimum Gasteiger partial charge on any atom is -0.481 e. The van der Waals surface area contributed by atoms with E-state index in [1.807, 2.05) is 4.90 Å². The Morgan fingerprint density at radius 2 is 1.67 bits per heavy atom. The minimum atomic E-state index is -0.766. The Morgan fingerprint density at radius 1 is 0.944 bits per heavy atom. The van der Waals surface area contributed by atoms with E-state index in [0.29, 0.717) is 37.6 Å². The van der Waals surface area contributed by atoms with Gasteiger partial charge in [0.1, 0.15) is 0 Å². The van der Waals surface area contributed by atoms with E-state index in [1.54, 1.807) is 0 Å². The fraction of sp³-hybridized carbons (Fsp3) is 0.419. The van der Waals surface area contributed by atoms with Gasteiger partial charge in [0.05, 0.1) is 5.92 Å². The molecular formula is C31H36N2O3. The predicted molar refractivity (Wildman–Crippen MR) is 143 cm³/mol. The first kappa shape index (κ1) is 24.5. The molecule has 1 aliphatic carbocycles. The maximum Gasteiger partial charge on any atom is 0.306 e. The highest BCUT2D eigenvalue weighted by molar-refractivity contribution is 5.86. The molecule has 5 rings (SSSR count). The Labute approximate surface area is 213 Å². The lowest BCUT2D eigenvalue weighted by molar-refractivity contribution is -0.142. The van der Waals surface area contributed by atoms with Crippen molar-refractivity contribution in [1.29, 1.82) is 0 Å². The zero-order chi connectivity index (χ0) is 25.1. The standard InChI is InChI=1S/C31H36N2O3/c1-21(27-13-7-11-23-10-5-6-12-29(23)27)32-19-26-20-33(17-16-28(26)22-8-3-2-4-9-22)30(34)24-14-15-25(18-24)31(35)36/h2-13,21,24-26,28,32H,14-20H2,1H3,(H,35,36)/t21-,24?,25?,26?,28?/m1/s1. The molecule has 5 nitrogen and oxygen atoms in total. The summed E-state index contributed by atoms with van der Waals surface area (Å²) in [6, 6.07) is 25.8. The molecule has 1 saturated carbocycles. The molecule has 1 heterocycles. The number of rotatable bonds is 7. The lowest BCUT2D eigenvalue weighted by atomic mass is 9.79. The van der Waals surface area contributed by atoms with Crippen molar-refractivity contribution in [2.75, 3.05) is 19.6 Å². The van der Waals surface area contributed by atoms with E-state index in [9.17, 15) is 14.7 Å². The van der Waals surface area contributed by atoms with Crippen molar-refractivity contribution in [1.82, 2.24) is 10.2 Å². The Hall–Kier alpha value is -3.18. The zero-order valence-corrected chi connectivity index (χ0v) is 21.0. The van der Waals surface area contributed by atoms with Crippen molar-refractivity contribution in [3.05, 3.63) is 83.9 Å². The second-order valence-corrected chi connectivity index (χ2v) is 10.6. The van der Waals surface area contributed by atoms with E-state index in [4.69, 9.17) is 0 Å². The molecule has 0 radical (unpaired) electrons. The number of benzene rings is 3. The number of likely N-dealkylation sites (tertiary alicyclic amines) is 1. The summed E-state index contributed by atoms with van der Waals surface area (Å²) in [6.45, 7) is 4.48. The first-order valence-corrected chi connectivity index (χ1v) is 13.3. The highest BCUT2D eigenvalue weighted by atomic mass is 16.4. The van der Waals surface area contributed by atoms with Crippen molar-refractivity contribution in [2.24, 2.45) is 17.8 Å². The molecule has 36 heavy (non-hydrogen) atoms. The second kappa shape index (κ2) is 10.8. The molecule has 0 spiro atoms. The van der Waals surface area contributed by atoms with Crippen LogP contribution in [0.15, 0.2) is 72.8 Å². The molecule has 0 aromatic heterocycles. The predicted octanol–water partition coefficient (Wildman–Crippen LogP) is 5.62. The van der Waals surface area contributed by atoms with Crippen molar-refractivity contribution in [3.63, 3.8) is 0 Å². The van der Waals surface area contributed by atoms with Gasteiger partial charge in [0, 0.05) is 31.6 Å². The fourth-order valence-electron chi connectivity index (χ4n) is 6.33. The first-order valence-electron chi connectivity index (χ1n) is 13.3. The fourth-order valence-corrected chi connectivity index (χ4v) is 6.33. The van der Waals surface area contributed by atoms with E-state index in [2.05, 4.69) is 85.0 Å². The van der Waals surface area contributed by atoms with Gasteiger partial charge in [-0.25, -0.2) is 0 Å². The molecule has 2 fully saturated rings. The number of carbonyl (C=O) groups is 2. The first-order chi connectivity index (χ1) is 17.5. The van der Waals surface area contributed by atoms with Gasteiger partial charge in [-0.15, -0.1) is 0 Å². The smallest absolute Gasteiger partial charge is 0.306 e. The van der Waals surface area contributed by atoms with Crippen LogP contribution >= 0.6 is 0 Å². The molecule has 2 N–H and O–H groups in total. The number of carbonyl (C=O) groups excluding carboxylic acids is 1. The molecule has 1 saturated heterocycles. The number of nitrogens with zero attached hydrogens (tertiary/aromatic N) is 1. The Balaban J connectivity index is 1.31. The Bertz CT molecular complexity index is 1210. The third-order valence-electron chi connectivity index (χ3n) is 8.38. The van der Waals surface area contributed by atoms with Gasteiger partial charge in [-0.1, -0.05) is 72.8 Å². The van der Waals surface area contributed by atoms with Gasteiger partial charge < -0.3 is 15.3 Å². The van der Waals surface area contributed by atoms with Crippen LogP contribution in [0.25, 0.3) is 10.8 Å². The molecule has 1 aliphatic heterocycles. The third kappa shape index (κ3) is 5.17. The van der Waals surface area contributed by atoms with Crippen LogP contribution in [0, 0.1) is 17.8 Å². The van der Waals surface area contributed by atoms with Crippen molar-refractivity contribution >= 4 is 22.6 Å². The van der Waals surface area contributed by atoms with Crippen molar-refractivity contribution in [2.45, 2.75) is 44.6 Å². The molecule has 1 amide bonds. The summed E-state index contributed by atoms with van der Waals surface area (Å²) in [7, 11) is 0. The molecule has 2 aliphatic rings. The third-order valence-corrected chi connectivity index (χ3v) is 8.38. The van der Waals surface area contributed by atoms with Crippen LogP contribution in [0.4, 0.5) is 0 Å². The SMILES string of the molecule is C[C@@H](NCC1CN(C(=O)C2CCC(C(=O)O)C2)CCC1c1ccccc1)c1cccc2ccccc12. The Kier molecular flexibility index (Phi) is 7.38. The lowest BCUT2D eigenvalue weighted by Gasteiger charge is -2.40. The van der Waals surface area contributed by atoms with Crippen molar-refractivity contribution in [3.8, 4) is 0 Å². The molecule has 3 aromatic rings. The van der Waals surface area contributed by atoms with Crippen LogP contribution in [0.3, 0.4) is 0 Å². The topological polar surface area (TPSA) is 69.6 Å². The summed E-state index contributed by atoms with van der Waals surface area (Å²) >= 11 is 0. The summed E-state index contributed by atoms with van der Waals surface area (Å²) in [5.41, 5.74) is 2.62. The van der Waals surface area contributed by atoms with Crippen LogP contribution in [0.1, 0.15) is 55.7 Å². The number of aliphatic carboxylic acids is 1. The normalized spacial score (nSPS) is 25.1. The maximum atomic E-state index is 13.4. The van der Waals surface area contributed by atoms with Crippen LogP contribution < -0.4 is 5.32 Å². The quantitative estimate of drug-likeness (QED) is 0.456. The average Bonchev–Trinajstić information content (AvgIpc) is 3.42. The second-order valence-electron chi connectivity index (χ2n) is 10.6. The molecule has 5 atom stereocenters. The van der Waals surface area contributed by atoms with Crippen LogP contribution in [-0.2, 0) is 9.59 Å². The summed E-state index contributed by atoms with van der Waals surface area (Å²) in [5, 5.41) is 15.7. The van der Waals surface area contributed by atoms with Gasteiger partial charge in [0.25, 0.3) is 0 Å². The van der Waals surface area contributed by atoms with Gasteiger partial charge in [-0.2, -0.15) is 0 Å². The average molecular weight is 485 g/mol. The molecular weight excluding hydrogens is 448 g/mol. The van der Waals surface area contributed by atoms with E-state index in [1.165, 1.54) is 21.9 Å². The highest BCUT2D eigenvalue weighted by Gasteiger charge is 2.39. The lowest BCUT2D eigenvalue weighted by Crippen LogP contribution is -2.48. The maximum absolute atomic E-state index is 13.4. The number of amides is 1. The summed E-state index contributed by atoms with van der Waals surface area (Å²) in [4.78, 5) is 26.8. The molecule has 4 unspecified atom stereocenters. The highest BCUT2D eigenvalue weighted by Crippen LogP contribution is 2.37. The number of hydrogen-bond acceptors (Lipinski definition) is 3. The van der Waals surface area contributed by atoms with E-state index >= 15 is 0 Å². The number of carboxylic acid groups (broad SMARTS) is 1. The monoisotopic (exact) mass is 484 g/mol. The zero-order valence-electron chi connectivity index (χ0n) is 21.0.